The van der Waals surface area contributed by atoms with E-state index in [9.17, 15) is 9.59 Å². The van der Waals surface area contributed by atoms with Crippen molar-refractivity contribution in [3.8, 4) is 17.2 Å². The maximum atomic E-state index is 14.2. The van der Waals surface area contributed by atoms with Gasteiger partial charge in [0.1, 0.15) is 11.8 Å². The highest BCUT2D eigenvalue weighted by molar-refractivity contribution is 7.07. The van der Waals surface area contributed by atoms with Gasteiger partial charge in [0, 0.05) is 10.9 Å². The first-order valence-electron chi connectivity index (χ1n) is 13.6. The van der Waals surface area contributed by atoms with E-state index < -0.39 is 12.0 Å². The summed E-state index contributed by atoms with van der Waals surface area (Å²) < 4.78 is 24.9. The molecule has 0 unspecified atom stereocenters. The zero-order valence-corrected chi connectivity index (χ0v) is 24.5. The van der Waals surface area contributed by atoms with E-state index in [4.69, 9.17) is 23.9 Å². The number of ether oxygens (including phenoxy) is 4. The fourth-order valence-electron chi connectivity index (χ4n) is 5.14. The topological polar surface area (TPSA) is 88.4 Å². The number of fused-ring (bicyclic) bond motifs is 2. The third-order valence-corrected chi connectivity index (χ3v) is 7.82. The van der Waals surface area contributed by atoms with Crippen LogP contribution in [-0.2, 0) is 9.53 Å². The summed E-state index contributed by atoms with van der Waals surface area (Å²) in [6.45, 7) is 8.44. The summed E-state index contributed by atoms with van der Waals surface area (Å²) >= 11 is 1.28. The van der Waals surface area contributed by atoms with Gasteiger partial charge in [0.05, 0.1) is 42.7 Å². The number of para-hydroxylation sites is 1. The van der Waals surface area contributed by atoms with Crippen LogP contribution in [-0.4, -0.2) is 37.5 Å². The van der Waals surface area contributed by atoms with E-state index in [-0.39, 0.29) is 17.7 Å². The lowest BCUT2D eigenvalue weighted by molar-refractivity contribution is -0.139. The molecule has 0 bridgehead atoms. The molecular weight excluding hydrogens is 540 g/mol. The number of carbonyl (C=O) groups excluding carboxylic acids is 1. The van der Waals surface area contributed by atoms with Crippen molar-refractivity contribution in [2.75, 3.05) is 26.9 Å². The Balaban J connectivity index is 1.77. The lowest BCUT2D eigenvalue weighted by Gasteiger charge is -2.26. The van der Waals surface area contributed by atoms with E-state index in [0.717, 1.165) is 22.1 Å². The number of hydrogen-bond donors (Lipinski definition) is 0. The fourth-order valence-corrected chi connectivity index (χ4v) is 6.17. The number of thiazole rings is 1. The predicted octanol–water partition coefficient (Wildman–Crippen LogP) is 4.76. The summed E-state index contributed by atoms with van der Waals surface area (Å²) in [5.74, 6) is 1.23. The summed E-state index contributed by atoms with van der Waals surface area (Å²) in [4.78, 5) is 32.7. The largest absolute Gasteiger partial charge is 0.493 e. The SMILES string of the molecule is CCOC(=O)C1=C(C)N=c2s/c(=C/c3ccc(OCC)c4ccccc34)c(=O)n2[C@@H]1c1cccc(OC)c1OCC. The van der Waals surface area contributed by atoms with Crippen molar-refractivity contribution in [3.63, 3.8) is 0 Å². The van der Waals surface area contributed by atoms with E-state index in [0.29, 0.717) is 45.3 Å². The van der Waals surface area contributed by atoms with E-state index in [2.05, 4.69) is 0 Å². The van der Waals surface area contributed by atoms with Crippen molar-refractivity contribution in [2.24, 2.45) is 4.99 Å². The number of hydrogen-bond acceptors (Lipinski definition) is 8. The van der Waals surface area contributed by atoms with Crippen LogP contribution in [0.4, 0.5) is 0 Å². The van der Waals surface area contributed by atoms with Gasteiger partial charge >= 0.3 is 5.97 Å². The number of allylic oxidation sites excluding steroid dienone is 1. The number of rotatable bonds is 9. The molecular formula is C32H32N2O6S. The summed E-state index contributed by atoms with van der Waals surface area (Å²) in [5, 5.41) is 1.93. The quantitative estimate of drug-likeness (QED) is 0.269. The molecule has 8 nitrogen and oxygen atoms in total. The molecule has 0 aliphatic carbocycles. The van der Waals surface area contributed by atoms with Crippen LogP contribution in [0.5, 0.6) is 17.2 Å². The average molecular weight is 573 g/mol. The highest BCUT2D eigenvalue weighted by Gasteiger charge is 2.36. The van der Waals surface area contributed by atoms with Crippen LogP contribution in [0.15, 0.2) is 75.7 Å². The minimum Gasteiger partial charge on any atom is -0.493 e. The zero-order valence-electron chi connectivity index (χ0n) is 23.7. The lowest BCUT2D eigenvalue weighted by Crippen LogP contribution is -2.40. The molecule has 0 saturated heterocycles. The van der Waals surface area contributed by atoms with Gasteiger partial charge in [-0.2, -0.15) is 0 Å². The van der Waals surface area contributed by atoms with Crippen LogP contribution in [0.3, 0.4) is 0 Å². The molecule has 5 rings (SSSR count). The normalized spacial score (nSPS) is 15.0. The number of aromatic nitrogens is 1. The molecule has 1 aliphatic heterocycles. The Labute approximate surface area is 241 Å². The van der Waals surface area contributed by atoms with Crippen molar-refractivity contribution in [2.45, 2.75) is 33.7 Å². The molecule has 0 fully saturated rings. The maximum absolute atomic E-state index is 14.2. The van der Waals surface area contributed by atoms with Gasteiger partial charge in [-0.05, 0) is 56.9 Å². The Morgan fingerprint density at radius 3 is 2.41 bits per heavy atom. The Kier molecular flexibility index (Phi) is 8.26. The number of methoxy groups -OCH3 is 1. The van der Waals surface area contributed by atoms with Crippen LogP contribution in [0, 0.1) is 0 Å². The highest BCUT2D eigenvalue weighted by atomic mass is 32.1. The second-order valence-electron chi connectivity index (χ2n) is 9.25. The maximum Gasteiger partial charge on any atom is 0.338 e. The Morgan fingerprint density at radius 2 is 1.71 bits per heavy atom. The monoisotopic (exact) mass is 572 g/mol. The Hall–Kier alpha value is -4.37. The number of nitrogens with zero attached hydrogens (tertiary/aromatic N) is 2. The first-order chi connectivity index (χ1) is 19.9. The van der Waals surface area contributed by atoms with Crippen LogP contribution in [0.1, 0.15) is 44.9 Å². The molecule has 1 aliphatic rings. The molecule has 9 heteroatoms. The number of carbonyl (C=O) groups is 1. The minimum absolute atomic E-state index is 0.188. The fraction of sp³-hybridized carbons (Fsp3) is 0.281. The van der Waals surface area contributed by atoms with Gasteiger partial charge in [-0.3, -0.25) is 9.36 Å². The van der Waals surface area contributed by atoms with Crippen LogP contribution < -0.4 is 29.1 Å². The summed E-state index contributed by atoms with van der Waals surface area (Å²) in [7, 11) is 1.56. The van der Waals surface area contributed by atoms with Crippen molar-refractivity contribution in [3.05, 3.63) is 96.7 Å². The summed E-state index contributed by atoms with van der Waals surface area (Å²) in [6, 6.07) is 16.4. The average Bonchev–Trinajstić information content (AvgIpc) is 3.28. The molecule has 4 aromatic rings. The van der Waals surface area contributed by atoms with Crippen molar-refractivity contribution in [1.82, 2.24) is 4.57 Å². The lowest BCUT2D eigenvalue weighted by atomic mass is 9.94. The molecule has 212 valence electrons. The van der Waals surface area contributed by atoms with E-state index in [1.54, 1.807) is 31.6 Å². The van der Waals surface area contributed by atoms with Gasteiger partial charge in [0.15, 0.2) is 16.3 Å². The van der Waals surface area contributed by atoms with Gasteiger partial charge < -0.3 is 18.9 Å². The zero-order chi connectivity index (χ0) is 29.1. The second kappa shape index (κ2) is 12.0. The van der Waals surface area contributed by atoms with Crippen LogP contribution >= 0.6 is 11.3 Å². The second-order valence-corrected chi connectivity index (χ2v) is 10.3. The van der Waals surface area contributed by atoms with Crippen molar-refractivity contribution < 1.29 is 23.7 Å². The Bertz CT molecular complexity index is 1840. The van der Waals surface area contributed by atoms with Crippen molar-refractivity contribution in [1.29, 1.82) is 0 Å². The molecule has 1 aromatic heterocycles. The molecule has 0 saturated carbocycles. The molecule has 0 radical (unpaired) electrons. The van der Waals surface area contributed by atoms with Crippen molar-refractivity contribution >= 4 is 34.2 Å². The van der Waals surface area contributed by atoms with Gasteiger partial charge in [-0.25, -0.2) is 9.79 Å². The molecule has 0 amide bonds. The third-order valence-electron chi connectivity index (χ3n) is 6.83. The highest BCUT2D eigenvalue weighted by Crippen LogP contribution is 2.40. The smallest absolute Gasteiger partial charge is 0.338 e. The Morgan fingerprint density at radius 1 is 0.951 bits per heavy atom. The van der Waals surface area contributed by atoms with Gasteiger partial charge in [0.2, 0.25) is 0 Å². The third kappa shape index (κ3) is 5.13. The summed E-state index contributed by atoms with van der Waals surface area (Å²) in [5.41, 5.74) is 1.99. The van der Waals surface area contributed by atoms with Gasteiger partial charge in [-0.1, -0.05) is 53.8 Å². The number of benzene rings is 3. The van der Waals surface area contributed by atoms with E-state index >= 15 is 0 Å². The molecule has 0 N–H and O–H groups in total. The molecule has 2 heterocycles. The predicted molar refractivity (Wildman–Crippen MR) is 160 cm³/mol. The summed E-state index contributed by atoms with van der Waals surface area (Å²) in [6.07, 6.45) is 1.87. The van der Waals surface area contributed by atoms with E-state index in [1.165, 1.54) is 11.3 Å². The van der Waals surface area contributed by atoms with Crippen LogP contribution in [0.2, 0.25) is 0 Å². The van der Waals surface area contributed by atoms with Crippen LogP contribution in [0.25, 0.3) is 16.8 Å². The van der Waals surface area contributed by atoms with Gasteiger partial charge in [0.25, 0.3) is 5.56 Å². The first kappa shape index (κ1) is 28.2. The minimum atomic E-state index is -0.818. The first-order valence-corrected chi connectivity index (χ1v) is 14.4. The molecule has 0 spiro atoms. The standard InChI is InChI=1S/C32H32N2O6S/c1-6-38-24-17-16-20(21-12-9-10-13-22(21)24)18-26-30(35)34-28(23-14-11-15-25(37-5)29(23)39-7-2)27(31(36)40-8-3)19(4)33-32(34)41-26/h9-18,28H,6-8H2,1-5H3/b26-18+/t28-/m1/s1. The molecule has 41 heavy (non-hydrogen) atoms. The van der Waals surface area contributed by atoms with Gasteiger partial charge in [-0.15, -0.1) is 0 Å². The van der Waals surface area contributed by atoms with E-state index in [1.807, 2.05) is 68.5 Å². The molecule has 1 atom stereocenters. The molecule has 3 aromatic carbocycles. The number of esters is 1.